The zero-order valence-corrected chi connectivity index (χ0v) is 11.6. The van der Waals surface area contributed by atoms with Gasteiger partial charge >= 0.3 is 5.97 Å². The third-order valence-electron chi connectivity index (χ3n) is 4.17. The Kier molecular flexibility index (Phi) is 3.49. The molecule has 3 atom stereocenters. The second-order valence-corrected chi connectivity index (χ2v) is 5.71. The summed E-state index contributed by atoms with van der Waals surface area (Å²) in [7, 11) is 0. The summed E-state index contributed by atoms with van der Waals surface area (Å²) in [6, 6.07) is 17.7. The van der Waals surface area contributed by atoms with E-state index in [1.54, 1.807) is 0 Å². The van der Waals surface area contributed by atoms with Gasteiger partial charge in [0.05, 0.1) is 5.92 Å². The number of carbonyl (C=O) groups is 1. The third kappa shape index (κ3) is 2.32. The molecule has 0 amide bonds. The SMILES string of the molecule is O=C(O)C1C[C@@H](c2ccc(Cl)cc2)[C@H]1c1ccccc1. The molecule has 2 aromatic rings. The highest BCUT2D eigenvalue weighted by Gasteiger charge is 2.46. The molecule has 1 saturated carbocycles. The van der Waals surface area contributed by atoms with E-state index in [-0.39, 0.29) is 17.8 Å². The molecule has 0 radical (unpaired) electrons. The maximum absolute atomic E-state index is 11.4. The number of hydrogen-bond donors (Lipinski definition) is 1. The Morgan fingerprint density at radius 1 is 1.00 bits per heavy atom. The summed E-state index contributed by atoms with van der Waals surface area (Å²) >= 11 is 5.92. The molecule has 0 spiro atoms. The van der Waals surface area contributed by atoms with Gasteiger partial charge in [-0.15, -0.1) is 0 Å². The zero-order valence-electron chi connectivity index (χ0n) is 10.9. The van der Waals surface area contributed by atoms with Crippen LogP contribution >= 0.6 is 11.6 Å². The number of carboxylic acid groups (broad SMARTS) is 1. The second kappa shape index (κ2) is 5.29. The van der Waals surface area contributed by atoms with Gasteiger partial charge in [0.25, 0.3) is 0 Å². The fourth-order valence-corrected chi connectivity index (χ4v) is 3.23. The maximum Gasteiger partial charge on any atom is 0.307 e. The van der Waals surface area contributed by atoms with Crippen LogP contribution in [0.2, 0.25) is 5.02 Å². The second-order valence-electron chi connectivity index (χ2n) is 5.27. The lowest BCUT2D eigenvalue weighted by Crippen LogP contribution is -2.38. The summed E-state index contributed by atoms with van der Waals surface area (Å²) < 4.78 is 0. The number of benzene rings is 2. The quantitative estimate of drug-likeness (QED) is 0.913. The summed E-state index contributed by atoms with van der Waals surface area (Å²) in [6.45, 7) is 0. The van der Waals surface area contributed by atoms with E-state index in [9.17, 15) is 9.90 Å². The van der Waals surface area contributed by atoms with Crippen molar-refractivity contribution in [1.82, 2.24) is 0 Å². The molecule has 102 valence electrons. The van der Waals surface area contributed by atoms with Crippen molar-refractivity contribution in [2.45, 2.75) is 18.3 Å². The Hall–Kier alpha value is -1.80. The summed E-state index contributed by atoms with van der Waals surface area (Å²) in [6.07, 6.45) is 0.691. The lowest BCUT2D eigenvalue weighted by molar-refractivity contribution is -0.146. The minimum absolute atomic E-state index is 0.0508. The predicted octanol–water partition coefficient (Wildman–Crippen LogP) is 4.31. The van der Waals surface area contributed by atoms with Crippen molar-refractivity contribution >= 4 is 17.6 Å². The van der Waals surface area contributed by atoms with E-state index < -0.39 is 5.97 Å². The minimum atomic E-state index is -0.705. The van der Waals surface area contributed by atoms with Crippen LogP contribution < -0.4 is 0 Å². The van der Waals surface area contributed by atoms with Gasteiger partial charge in [-0.25, -0.2) is 0 Å². The Labute approximate surface area is 123 Å². The molecule has 1 unspecified atom stereocenters. The van der Waals surface area contributed by atoms with Crippen molar-refractivity contribution in [3.8, 4) is 0 Å². The molecular weight excluding hydrogens is 272 g/mol. The highest BCUT2D eigenvalue weighted by Crippen LogP contribution is 2.53. The Balaban J connectivity index is 1.92. The van der Waals surface area contributed by atoms with Crippen molar-refractivity contribution in [2.24, 2.45) is 5.92 Å². The van der Waals surface area contributed by atoms with Crippen molar-refractivity contribution in [3.05, 3.63) is 70.7 Å². The average molecular weight is 287 g/mol. The number of rotatable bonds is 3. The van der Waals surface area contributed by atoms with Gasteiger partial charge in [0, 0.05) is 10.9 Å². The standard InChI is InChI=1S/C17H15ClO2/c18-13-8-6-11(7-9-13)14-10-15(17(19)20)16(14)12-4-2-1-3-5-12/h1-9,14-16H,10H2,(H,19,20)/t14-,15?,16+/m0/s1. The third-order valence-corrected chi connectivity index (χ3v) is 4.43. The molecule has 3 rings (SSSR count). The Morgan fingerprint density at radius 2 is 1.65 bits per heavy atom. The van der Waals surface area contributed by atoms with Crippen LogP contribution in [0.4, 0.5) is 0 Å². The van der Waals surface area contributed by atoms with Crippen molar-refractivity contribution in [1.29, 1.82) is 0 Å². The van der Waals surface area contributed by atoms with Gasteiger partial charge in [-0.3, -0.25) is 4.79 Å². The van der Waals surface area contributed by atoms with E-state index in [0.717, 1.165) is 5.56 Å². The van der Waals surface area contributed by atoms with Gasteiger partial charge in [-0.2, -0.15) is 0 Å². The van der Waals surface area contributed by atoms with Gasteiger partial charge in [-0.1, -0.05) is 54.1 Å². The molecule has 2 nitrogen and oxygen atoms in total. The van der Waals surface area contributed by atoms with Crippen molar-refractivity contribution < 1.29 is 9.90 Å². The molecule has 0 aliphatic heterocycles. The van der Waals surface area contributed by atoms with E-state index in [0.29, 0.717) is 11.4 Å². The fourth-order valence-electron chi connectivity index (χ4n) is 3.10. The van der Waals surface area contributed by atoms with E-state index >= 15 is 0 Å². The molecule has 1 N–H and O–H groups in total. The highest BCUT2D eigenvalue weighted by atomic mass is 35.5. The highest BCUT2D eigenvalue weighted by molar-refractivity contribution is 6.30. The van der Waals surface area contributed by atoms with E-state index in [2.05, 4.69) is 0 Å². The van der Waals surface area contributed by atoms with Crippen LogP contribution in [0.3, 0.4) is 0 Å². The number of halogens is 1. The molecular formula is C17H15ClO2. The molecule has 0 saturated heterocycles. The minimum Gasteiger partial charge on any atom is -0.481 e. The lowest BCUT2D eigenvalue weighted by Gasteiger charge is -2.43. The first-order valence-corrected chi connectivity index (χ1v) is 7.08. The predicted molar refractivity (Wildman–Crippen MR) is 79.1 cm³/mol. The van der Waals surface area contributed by atoms with Crippen LogP contribution in [0.25, 0.3) is 0 Å². The van der Waals surface area contributed by atoms with Crippen LogP contribution in [0.1, 0.15) is 29.4 Å². The first-order valence-electron chi connectivity index (χ1n) is 6.70. The summed E-state index contributed by atoms with van der Waals surface area (Å²) in [5.74, 6) is -0.687. The van der Waals surface area contributed by atoms with Gasteiger partial charge in [0.1, 0.15) is 0 Å². The number of carboxylic acids is 1. The molecule has 0 aromatic heterocycles. The molecule has 1 aliphatic carbocycles. The maximum atomic E-state index is 11.4. The van der Waals surface area contributed by atoms with Crippen LogP contribution in [0.15, 0.2) is 54.6 Å². The summed E-state index contributed by atoms with van der Waals surface area (Å²) in [4.78, 5) is 11.4. The van der Waals surface area contributed by atoms with Crippen molar-refractivity contribution in [3.63, 3.8) is 0 Å². The topological polar surface area (TPSA) is 37.3 Å². The molecule has 3 heteroatoms. The van der Waals surface area contributed by atoms with Gasteiger partial charge in [0.15, 0.2) is 0 Å². The molecule has 1 aliphatic rings. The Bertz CT molecular complexity index is 607. The smallest absolute Gasteiger partial charge is 0.307 e. The first-order chi connectivity index (χ1) is 9.66. The first kappa shape index (κ1) is 13.2. The Morgan fingerprint density at radius 3 is 2.25 bits per heavy atom. The molecule has 20 heavy (non-hydrogen) atoms. The van der Waals surface area contributed by atoms with Gasteiger partial charge in [0.2, 0.25) is 0 Å². The largest absolute Gasteiger partial charge is 0.481 e. The molecule has 2 aromatic carbocycles. The number of hydrogen-bond acceptors (Lipinski definition) is 1. The summed E-state index contributed by atoms with van der Waals surface area (Å²) in [5.41, 5.74) is 2.27. The van der Waals surface area contributed by atoms with Crippen molar-refractivity contribution in [2.75, 3.05) is 0 Å². The van der Waals surface area contributed by atoms with E-state index in [1.807, 2.05) is 54.6 Å². The van der Waals surface area contributed by atoms with E-state index in [4.69, 9.17) is 11.6 Å². The number of aliphatic carboxylic acids is 1. The molecule has 1 fully saturated rings. The molecule has 0 bridgehead atoms. The summed E-state index contributed by atoms with van der Waals surface area (Å²) in [5, 5.41) is 10.1. The van der Waals surface area contributed by atoms with Crippen LogP contribution in [0.5, 0.6) is 0 Å². The lowest BCUT2D eigenvalue weighted by atomic mass is 9.59. The monoisotopic (exact) mass is 286 g/mol. The normalized spacial score (nSPS) is 24.9. The van der Waals surface area contributed by atoms with Crippen LogP contribution in [-0.2, 0) is 4.79 Å². The average Bonchev–Trinajstić information content (AvgIpc) is 2.41. The van der Waals surface area contributed by atoms with E-state index in [1.165, 1.54) is 5.56 Å². The fraction of sp³-hybridized carbons (Fsp3) is 0.235. The van der Waals surface area contributed by atoms with Crippen LogP contribution in [-0.4, -0.2) is 11.1 Å². The van der Waals surface area contributed by atoms with Gasteiger partial charge in [-0.05, 0) is 35.6 Å². The molecule has 0 heterocycles. The van der Waals surface area contributed by atoms with Crippen LogP contribution in [0, 0.1) is 5.92 Å². The van der Waals surface area contributed by atoms with Gasteiger partial charge < -0.3 is 5.11 Å². The zero-order chi connectivity index (χ0) is 14.1.